The van der Waals surface area contributed by atoms with E-state index in [0.29, 0.717) is 11.6 Å². The largest absolute Gasteiger partial charge is 0.327 e. The van der Waals surface area contributed by atoms with Crippen molar-refractivity contribution in [1.82, 2.24) is 19.5 Å². The molecule has 0 radical (unpaired) electrons. The van der Waals surface area contributed by atoms with Crippen LogP contribution < -0.4 is 5.73 Å². The number of benzene rings is 1. The lowest BCUT2D eigenvalue weighted by molar-refractivity contribution is 0.136. The first kappa shape index (κ1) is 16.8. The highest BCUT2D eigenvalue weighted by atomic mass is 19.1. The summed E-state index contributed by atoms with van der Waals surface area (Å²) in [7, 11) is 0. The molecule has 1 fully saturated rings. The fraction of sp³-hybridized carbons (Fsp3) is 0.400. The van der Waals surface area contributed by atoms with Crippen LogP contribution in [0.5, 0.6) is 0 Å². The van der Waals surface area contributed by atoms with Crippen LogP contribution in [0.3, 0.4) is 0 Å². The minimum Gasteiger partial charge on any atom is -0.327 e. The summed E-state index contributed by atoms with van der Waals surface area (Å²) in [6.45, 7) is 1.60. The lowest BCUT2D eigenvalue weighted by atomic mass is 9.77. The molecule has 0 bridgehead atoms. The van der Waals surface area contributed by atoms with Crippen molar-refractivity contribution >= 4 is 5.65 Å². The van der Waals surface area contributed by atoms with E-state index < -0.39 is 5.82 Å². The normalized spacial score (nSPS) is 25.8. The number of hydrogen-bond donors (Lipinski definition) is 1. The van der Waals surface area contributed by atoms with Gasteiger partial charge in [0.25, 0.3) is 0 Å². The monoisotopic (exact) mass is 369 g/mol. The van der Waals surface area contributed by atoms with Crippen LogP contribution in [0.15, 0.2) is 36.7 Å². The van der Waals surface area contributed by atoms with Crippen molar-refractivity contribution in [3.8, 4) is 0 Å². The zero-order chi connectivity index (χ0) is 18.5. The Morgan fingerprint density at radius 3 is 2.89 bits per heavy atom. The molecule has 0 unspecified atom stereocenters. The number of nitrogens with zero attached hydrogens (tertiary/aromatic N) is 4. The van der Waals surface area contributed by atoms with Gasteiger partial charge in [0, 0.05) is 49.0 Å². The average molecular weight is 369 g/mol. The van der Waals surface area contributed by atoms with E-state index in [4.69, 9.17) is 5.73 Å². The van der Waals surface area contributed by atoms with Crippen LogP contribution in [0.2, 0.25) is 0 Å². The van der Waals surface area contributed by atoms with E-state index in [0.717, 1.165) is 49.8 Å². The molecule has 3 heterocycles. The molecule has 140 valence electrons. The van der Waals surface area contributed by atoms with Gasteiger partial charge in [0.15, 0.2) is 5.65 Å². The number of halogens is 2. The van der Waals surface area contributed by atoms with E-state index in [1.807, 2.05) is 16.8 Å². The van der Waals surface area contributed by atoms with Crippen molar-refractivity contribution in [1.29, 1.82) is 0 Å². The van der Waals surface area contributed by atoms with Crippen LogP contribution in [0, 0.1) is 11.6 Å². The quantitative estimate of drug-likeness (QED) is 0.754. The van der Waals surface area contributed by atoms with E-state index in [9.17, 15) is 8.78 Å². The maximum atomic E-state index is 14.2. The molecule has 1 aliphatic carbocycles. The Morgan fingerprint density at radius 1 is 1.15 bits per heavy atom. The molecular formula is C20H21F2N5. The summed E-state index contributed by atoms with van der Waals surface area (Å²) in [5.74, 6) is -0.913. The molecule has 3 atom stereocenters. The second-order valence-corrected chi connectivity index (χ2v) is 7.62. The highest BCUT2D eigenvalue weighted by molar-refractivity contribution is 5.51. The average Bonchev–Trinajstić information content (AvgIpc) is 3.22. The van der Waals surface area contributed by atoms with Crippen molar-refractivity contribution in [2.75, 3.05) is 0 Å². The Hall–Kier alpha value is -2.38. The summed E-state index contributed by atoms with van der Waals surface area (Å²) in [6, 6.07) is 5.66. The number of fused-ring (bicyclic) bond motifs is 3. The first-order chi connectivity index (χ1) is 13.1. The molecule has 0 amide bonds. The molecule has 1 aromatic carbocycles. The Kier molecular flexibility index (Phi) is 3.94. The molecule has 2 N–H and O–H groups in total. The molecule has 5 rings (SSSR count). The van der Waals surface area contributed by atoms with Gasteiger partial charge in [-0.3, -0.25) is 4.90 Å². The maximum Gasteiger partial charge on any atom is 0.159 e. The van der Waals surface area contributed by atoms with Gasteiger partial charge in [-0.2, -0.15) is 5.10 Å². The molecule has 3 aromatic rings. The third kappa shape index (κ3) is 2.82. The summed E-state index contributed by atoms with van der Waals surface area (Å²) in [6.07, 6.45) is 6.14. The van der Waals surface area contributed by atoms with Crippen LogP contribution in [0.25, 0.3) is 5.65 Å². The van der Waals surface area contributed by atoms with Gasteiger partial charge in [0.1, 0.15) is 11.6 Å². The SMILES string of the molecule is N[C@H]1C[C@@H](N2Cc3nn4cccnc4c3C2)CC[C@@H]1c1cc(F)ccc1F. The van der Waals surface area contributed by atoms with Crippen molar-refractivity contribution in [3.05, 3.63) is 65.1 Å². The van der Waals surface area contributed by atoms with Crippen molar-refractivity contribution in [3.63, 3.8) is 0 Å². The van der Waals surface area contributed by atoms with Gasteiger partial charge in [0.2, 0.25) is 0 Å². The molecular weight excluding hydrogens is 348 g/mol. The third-order valence-electron chi connectivity index (χ3n) is 6.03. The van der Waals surface area contributed by atoms with E-state index in [1.165, 1.54) is 17.7 Å². The van der Waals surface area contributed by atoms with E-state index in [-0.39, 0.29) is 17.8 Å². The molecule has 2 aliphatic rings. The fourth-order valence-corrected chi connectivity index (χ4v) is 4.68. The fourth-order valence-electron chi connectivity index (χ4n) is 4.68. The summed E-state index contributed by atoms with van der Waals surface area (Å²) >= 11 is 0. The van der Waals surface area contributed by atoms with Gasteiger partial charge >= 0.3 is 0 Å². The number of hydrogen-bond acceptors (Lipinski definition) is 4. The molecule has 7 heteroatoms. The van der Waals surface area contributed by atoms with Gasteiger partial charge in [-0.25, -0.2) is 18.3 Å². The standard InChI is InChI=1S/C20H21F2N5/c21-12-2-5-17(22)15(8-12)14-4-3-13(9-18(14)23)26-10-16-19(11-26)25-27-7-1-6-24-20(16)27/h1-2,5-8,13-14,18H,3-4,9-11,23H2/t13-,14+,18-/m0/s1. The first-order valence-electron chi connectivity index (χ1n) is 9.36. The van der Waals surface area contributed by atoms with E-state index >= 15 is 0 Å². The maximum absolute atomic E-state index is 14.2. The second kappa shape index (κ2) is 6.35. The molecule has 0 spiro atoms. The van der Waals surface area contributed by atoms with Gasteiger partial charge in [-0.15, -0.1) is 0 Å². The molecule has 2 aromatic heterocycles. The summed E-state index contributed by atoms with van der Waals surface area (Å²) < 4.78 is 29.6. The van der Waals surface area contributed by atoms with Crippen LogP contribution in [0.4, 0.5) is 8.78 Å². The van der Waals surface area contributed by atoms with Crippen molar-refractivity contribution in [2.24, 2.45) is 5.73 Å². The van der Waals surface area contributed by atoms with Gasteiger partial charge in [0.05, 0.1) is 5.69 Å². The smallest absolute Gasteiger partial charge is 0.159 e. The Morgan fingerprint density at radius 2 is 2.04 bits per heavy atom. The predicted molar refractivity (Wildman–Crippen MR) is 96.9 cm³/mol. The van der Waals surface area contributed by atoms with E-state index in [1.54, 1.807) is 6.20 Å². The topological polar surface area (TPSA) is 59.5 Å². The van der Waals surface area contributed by atoms with Crippen LogP contribution in [0.1, 0.15) is 42.0 Å². The van der Waals surface area contributed by atoms with Crippen molar-refractivity contribution < 1.29 is 8.78 Å². The lowest BCUT2D eigenvalue weighted by Gasteiger charge is -2.38. The Bertz CT molecular complexity index is 1000. The van der Waals surface area contributed by atoms with E-state index in [2.05, 4.69) is 15.0 Å². The molecule has 27 heavy (non-hydrogen) atoms. The van der Waals surface area contributed by atoms with Gasteiger partial charge < -0.3 is 5.73 Å². The first-order valence-corrected chi connectivity index (χ1v) is 9.36. The van der Waals surface area contributed by atoms with Crippen molar-refractivity contribution in [2.45, 2.75) is 50.4 Å². The molecule has 1 saturated carbocycles. The number of rotatable bonds is 2. The molecule has 1 aliphatic heterocycles. The Labute approximate surface area is 155 Å². The zero-order valence-corrected chi connectivity index (χ0v) is 14.9. The minimum atomic E-state index is -0.411. The molecule has 5 nitrogen and oxygen atoms in total. The number of aromatic nitrogens is 3. The van der Waals surface area contributed by atoms with Gasteiger partial charge in [-0.05, 0) is 49.1 Å². The van der Waals surface area contributed by atoms with Gasteiger partial charge in [-0.1, -0.05) is 0 Å². The lowest BCUT2D eigenvalue weighted by Crippen LogP contribution is -2.44. The summed E-state index contributed by atoms with van der Waals surface area (Å²) in [5.41, 5.74) is 9.99. The third-order valence-corrected chi connectivity index (χ3v) is 6.03. The second-order valence-electron chi connectivity index (χ2n) is 7.62. The summed E-state index contributed by atoms with van der Waals surface area (Å²) in [4.78, 5) is 6.84. The van der Waals surface area contributed by atoms with Crippen LogP contribution >= 0.6 is 0 Å². The predicted octanol–water partition coefficient (Wildman–Crippen LogP) is 2.99. The highest BCUT2D eigenvalue weighted by Crippen LogP contribution is 2.38. The molecule has 0 saturated heterocycles. The van der Waals surface area contributed by atoms with Crippen LogP contribution in [-0.4, -0.2) is 31.6 Å². The number of nitrogens with two attached hydrogens (primary N) is 1. The summed E-state index contributed by atoms with van der Waals surface area (Å²) in [5, 5.41) is 4.63. The Balaban J connectivity index is 1.32. The zero-order valence-electron chi connectivity index (χ0n) is 14.9. The van der Waals surface area contributed by atoms with Crippen LogP contribution in [-0.2, 0) is 13.1 Å². The minimum absolute atomic E-state index is 0.137. The highest BCUT2D eigenvalue weighted by Gasteiger charge is 2.36.